The van der Waals surface area contributed by atoms with Crippen molar-refractivity contribution in [2.75, 3.05) is 39.0 Å². The van der Waals surface area contributed by atoms with E-state index in [9.17, 15) is 18.0 Å². The fourth-order valence-electron chi connectivity index (χ4n) is 1.60. The number of carbonyl (C=O) groups excluding carboxylic acids is 1. The normalized spacial score (nSPS) is 11.7. The Bertz CT molecular complexity index is 444. The molecule has 0 radical (unpaired) electrons. The predicted octanol–water partition coefficient (Wildman–Crippen LogP) is 2.19. The Labute approximate surface area is 122 Å². The number of anilines is 1. The van der Waals surface area contributed by atoms with Gasteiger partial charge in [0, 0.05) is 31.7 Å². The van der Waals surface area contributed by atoms with Crippen molar-refractivity contribution in [3.63, 3.8) is 0 Å². The van der Waals surface area contributed by atoms with Gasteiger partial charge in [0.15, 0.2) is 0 Å². The van der Waals surface area contributed by atoms with Gasteiger partial charge in [0.05, 0.1) is 5.56 Å². The van der Waals surface area contributed by atoms with Crippen LogP contribution < -0.4 is 10.6 Å². The Hall–Kier alpha value is -1.60. The third-order valence-corrected chi connectivity index (χ3v) is 2.76. The lowest BCUT2D eigenvalue weighted by Gasteiger charge is -2.11. The lowest BCUT2D eigenvalue weighted by molar-refractivity contribution is -0.137. The number of nitrogens with zero attached hydrogens (tertiary/aromatic N) is 1. The average molecular weight is 303 g/mol. The van der Waals surface area contributed by atoms with Crippen LogP contribution in [0.5, 0.6) is 0 Å². The maximum atomic E-state index is 12.4. The molecule has 0 unspecified atom stereocenters. The maximum Gasteiger partial charge on any atom is 0.416 e. The molecule has 0 atom stereocenters. The van der Waals surface area contributed by atoms with Crippen LogP contribution in [0.3, 0.4) is 0 Å². The van der Waals surface area contributed by atoms with Crippen molar-refractivity contribution in [1.29, 1.82) is 0 Å². The molecule has 118 valence electrons. The number of rotatable bonds is 7. The number of likely N-dealkylation sites (N-methyl/N-ethyl adjacent to an activating group) is 1. The molecule has 2 N–H and O–H groups in total. The van der Waals surface area contributed by atoms with E-state index in [0.717, 1.165) is 25.2 Å². The highest BCUT2D eigenvalue weighted by Crippen LogP contribution is 2.29. The van der Waals surface area contributed by atoms with Crippen LogP contribution in [0.4, 0.5) is 18.9 Å². The van der Waals surface area contributed by atoms with Gasteiger partial charge in [-0.05, 0) is 38.4 Å². The van der Waals surface area contributed by atoms with Gasteiger partial charge in [0.25, 0.3) is 0 Å². The number of alkyl halides is 3. The predicted molar refractivity (Wildman–Crippen MR) is 76.1 cm³/mol. The first-order chi connectivity index (χ1) is 9.79. The summed E-state index contributed by atoms with van der Waals surface area (Å²) in [5.41, 5.74) is -0.368. The van der Waals surface area contributed by atoms with Gasteiger partial charge in [-0.25, -0.2) is 0 Å². The first-order valence-electron chi connectivity index (χ1n) is 6.61. The molecule has 0 aliphatic carbocycles. The zero-order valence-corrected chi connectivity index (χ0v) is 12.1. The summed E-state index contributed by atoms with van der Waals surface area (Å²) < 4.78 is 37.1. The minimum absolute atomic E-state index is 0.230. The lowest BCUT2D eigenvalue weighted by atomic mass is 10.2. The van der Waals surface area contributed by atoms with Crippen molar-refractivity contribution in [3.05, 3.63) is 29.8 Å². The van der Waals surface area contributed by atoms with Crippen LogP contribution in [0, 0.1) is 0 Å². The highest BCUT2D eigenvalue weighted by molar-refractivity contribution is 5.90. The van der Waals surface area contributed by atoms with E-state index in [1.54, 1.807) is 0 Å². The molecule has 7 heteroatoms. The molecule has 0 saturated carbocycles. The summed E-state index contributed by atoms with van der Waals surface area (Å²) in [5.74, 6) is -0.230. The molecule has 21 heavy (non-hydrogen) atoms. The number of hydrogen-bond donors (Lipinski definition) is 2. The first kappa shape index (κ1) is 17.5. The molecular formula is C14H20F3N3O. The lowest BCUT2D eigenvalue weighted by Crippen LogP contribution is -2.29. The molecule has 1 amide bonds. The fraction of sp³-hybridized carbons (Fsp3) is 0.500. The first-order valence-corrected chi connectivity index (χ1v) is 6.61. The summed E-state index contributed by atoms with van der Waals surface area (Å²) in [4.78, 5) is 13.6. The highest BCUT2D eigenvalue weighted by Gasteiger charge is 2.29. The van der Waals surface area contributed by atoms with Crippen molar-refractivity contribution in [1.82, 2.24) is 10.2 Å². The van der Waals surface area contributed by atoms with Gasteiger partial charge in [0.1, 0.15) is 0 Å². The molecule has 0 aromatic heterocycles. The van der Waals surface area contributed by atoms with Gasteiger partial charge in [-0.1, -0.05) is 0 Å². The molecule has 0 fully saturated rings. The maximum absolute atomic E-state index is 12.4. The Morgan fingerprint density at radius 2 is 1.76 bits per heavy atom. The van der Waals surface area contributed by atoms with E-state index in [1.807, 2.05) is 19.0 Å². The molecule has 4 nitrogen and oxygen atoms in total. The van der Waals surface area contributed by atoms with Crippen molar-refractivity contribution >= 4 is 11.6 Å². The summed E-state index contributed by atoms with van der Waals surface area (Å²) in [6.45, 7) is 2.18. The summed E-state index contributed by atoms with van der Waals surface area (Å²) in [7, 11) is 3.91. The molecule has 0 aliphatic heterocycles. The van der Waals surface area contributed by atoms with E-state index < -0.39 is 11.7 Å². The van der Waals surface area contributed by atoms with Crippen molar-refractivity contribution in [2.45, 2.75) is 12.6 Å². The second-order valence-electron chi connectivity index (χ2n) is 4.93. The van der Waals surface area contributed by atoms with E-state index >= 15 is 0 Å². The van der Waals surface area contributed by atoms with Crippen LogP contribution in [0.1, 0.15) is 12.0 Å². The molecule has 0 bridgehead atoms. The Kier molecular flexibility index (Phi) is 6.64. The third-order valence-electron chi connectivity index (χ3n) is 2.76. The minimum atomic E-state index is -4.36. The molecule has 1 rings (SSSR count). The van der Waals surface area contributed by atoms with Crippen LogP contribution >= 0.6 is 0 Å². The van der Waals surface area contributed by atoms with Crippen LogP contribution in [-0.2, 0) is 11.0 Å². The van der Waals surface area contributed by atoms with Gasteiger partial charge in [-0.15, -0.1) is 0 Å². The zero-order chi connectivity index (χ0) is 15.9. The average Bonchev–Trinajstić information content (AvgIpc) is 2.37. The molecule has 1 aromatic carbocycles. The zero-order valence-electron chi connectivity index (χ0n) is 12.1. The monoisotopic (exact) mass is 303 g/mol. The fourth-order valence-corrected chi connectivity index (χ4v) is 1.60. The molecule has 0 spiro atoms. The highest BCUT2D eigenvalue weighted by atomic mass is 19.4. The number of halogens is 3. The largest absolute Gasteiger partial charge is 0.416 e. The third kappa shape index (κ3) is 7.10. The van der Waals surface area contributed by atoms with Crippen LogP contribution in [0.2, 0.25) is 0 Å². The number of benzene rings is 1. The summed E-state index contributed by atoms with van der Waals surface area (Å²) in [6, 6.07) is 4.40. The van der Waals surface area contributed by atoms with E-state index in [4.69, 9.17) is 0 Å². The molecule has 0 aliphatic rings. The summed E-state index contributed by atoms with van der Waals surface area (Å²) >= 11 is 0. The van der Waals surface area contributed by atoms with Crippen molar-refractivity contribution < 1.29 is 18.0 Å². The van der Waals surface area contributed by atoms with E-state index in [0.29, 0.717) is 12.2 Å². The van der Waals surface area contributed by atoms with E-state index in [-0.39, 0.29) is 12.3 Å². The second kappa shape index (κ2) is 7.99. The Balaban J connectivity index is 2.31. The Morgan fingerprint density at radius 1 is 1.14 bits per heavy atom. The summed E-state index contributed by atoms with van der Waals surface area (Å²) in [6.07, 6.45) is -4.09. The van der Waals surface area contributed by atoms with E-state index in [1.165, 1.54) is 12.1 Å². The SMILES string of the molecule is CN(C)CCNCCC(=O)Nc1ccc(C(F)(F)F)cc1. The number of nitrogens with one attached hydrogen (secondary N) is 2. The minimum Gasteiger partial charge on any atom is -0.326 e. The molecular weight excluding hydrogens is 283 g/mol. The summed E-state index contributed by atoms with van der Waals surface area (Å²) in [5, 5.41) is 5.67. The van der Waals surface area contributed by atoms with Gasteiger partial charge < -0.3 is 15.5 Å². The Morgan fingerprint density at radius 3 is 2.29 bits per heavy atom. The van der Waals surface area contributed by atoms with Gasteiger partial charge >= 0.3 is 6.18 Å². The van der Waals surface area contributed by atoms with E-state index in [2.05, 4.69) is 10.6 Å². The van der Waals surface area contributed by atoms with Crippen molar-refractivity contribution in [2.24, 2.45) is 0 Å². The van der Waals surface area contributed by atoms with Crippen LogP contribution in [0.25, 0.3) is 0 Å². The molecule has 0 saturated heterocycles. The van der Waals surface area contributed by atoms with Crippen LogP contribution in [0.15, 0.2) is 24.3 Å². The molecule has 1 aromatic rings. The van der Waals surface area contributed by atoms with Gasteiger partial charge in [-0.3, -0.25) is 4.79 Å². The van der Waals surface area contributed by atoms with Gasteiger partial charge in [-0.2, -0.15) is 13.2 Å². The number of amides is 1. The second-order valence-corrected chi connectivity index (χ2v) is 4.93. The quantitative estimate of drug-likeness (QED) is 0.759. The van der Waals surface area contributed by atoms with Crippen LogP contribution in [-0.4, -0.2) is 44.5 Å². The smallest absolute Gasteiger partial charge is 0.326 e. The molecule has 0 heterocycles. The van der Waals surface area contributed by atoms with Gasteiger partial charge in [0.2, 0.25) is 5.91 Å². The number of hydrogen-bond acceptors (Lipinski definition) is 3. The van der Waals surface area contributed by atoms with Crippen molar-refractivity contribution in [3.8, 4) is 0 Å². The number of carbonyl (C=O) groups is 1. The topological polar surface area (TPSA) is 44.4 Å². The standard InChI is InChI=1S/C14H20F3N3O/c1-20(2)10-9-18-8-7-13(21)19-12-5-3-11(4-6-12)14(15,16)17/h3-6,18H,7-10H2,1-2H3,(H,19,21).